The third-order valence-corrected chi connectivity index (χ3v) is 1.82. The Morgan fingerprint density at radius 3 is 2.71 bits per heavy atom. The van der Waals surface area contributed by atoms with Crippen LogP contribution < -0.4 is 5.32 Å². The van der Waals surface area contributed by atoms with Crippen LogP contribution in [0, 0.1) is 10.1 Å². The molecular weight excluding hydrogens is 248 g/mol. The van der Waals surface area contributed by atoms with Crippen molar-refractivity contribution in [2.45, 2.75) is 12.3 Å². The fourth-order valence-corrected chi connectivity index (χ4v) is 1.01. The largest absolute Gasteiger partial charge is 0.357 e. The highest BCUT2D eigenvalue weighted by Crippen LogP contribution is 2.26. The maximum absolute atomic E-state index is 12.6. The molecule has 0 aliphatic heterocycles. The molecule has 0 saturated heterocycles. The second kappa shape index (κ2) is 4.55. The molecule has 0 unspecified atom stereocenters. The lowest BCUT2D eigenvalue weighted by Crippen LogP contribution is -2.35. The number of halogens is 4. The smallest absolute Gasteiger partial charge is 0.330 e. The molecular formula is C7H8F4N4O2. The lowest BCUT2D eigenvalue weighted by molar-refractivity contribution is -0.384. The van der Waals surface area contributed by atoms with Crippen molar-refractivity contribution in [2.24, 2.45) is 7.05 Å². The van der Waals surface area contributed by atoms with E-state index in [1.54, 1.807) is 0 Å². The van der Waals surface area contributed by atoms with Crippen molar-refractivity contribution in [2.75, 3.05) is 11.9 Å². The predicted molar refractivity (Wildman–Crippen MR) is 49.3 cm³/mol. The van der Waals surface area contributed by atoms with Gasteiger partial charge in [-0.2, -0.15) is 8.78 Å². The number of nitrogens with zero attached hydrogens (tertiary/aromatic N) is 3. The summed E-state index contributed by atoms with van der Waals surface area (Å²) in [5.74, 6) is -4.75. The predicted octanol–water partition coefficient (Wildman–Crippen LogP) is 1.64. The van der Waals surface area contributed by atoms with Gasteiger partial charge >= 0.3 is 18.0 Å². The van der Waals surface area contributed by atoms with E-state index in [9.17, 15) is 27.7 Å². The molecule has 1 rings (SSSR count). The first-order valence-electron chi connectivity index (χ1n) is 4.32. The molecule has 1 aromatic rings. The summed E-state index contributed by atoms with van der Waals surface area (Å²) >= 11 is 0. The zero-order valence-corrected chi connectivity index (χ0v) is 8.53. The second-order valence-corrected chi connectivity index (χ2v) is 3.21. The number of nitrogens with one attached hydrogen (secondary N) is 1. The van der Waals surface area contributed by atoms with Gasteiger partial charge in [-0.1, -0.05) is 0 Å². The van der Waals surface area contributed by atoms with Gasteiger partial charge in [0.1, 0.15) is 6.20 Å². The highest BCUT2D eigenvalue weighted by Gasteiger charge is 2.41. The van der Waals surface area contributed by atoms with Gasteiger partial charge in [0, 0.05) is 7.05 Å². The third-order valence-electron chi connectivity index (χ3n) is 1.82. The Bertz CT molecular complexity index is 420. The Balaban J connectivity index is 2.79. The Labute approximate surface area is 92.4 Å². The van der Waals surface area contributed by atoms with Gasteiger partial charge in [-0.3, -0.25) is 14.8 Å². The molecule has 96 valence electrons. The van der Waals surface area contributed by atoms with E-state index in [0.29, 0.717) is 0 Å². The first kappa shape index (κ1) is 13.2. The molecule has 0 atom stereocenters. The van der Waals surface area contributed by atoms with Crippen LogP contribution in [0.3, 0.4) is 0 Å². The van der Waals surface area contributed by atoms with Crippen LogP contribution in [0.4, 0.5) is 29.1 Å². The topological polar surface area (TPSA) is 73.0 Å². The van der Waals surface area contributed by atoms with Crippen LogP contribution in [0.2, 0.25) is 0 Å². The minimum Gasteiger partial charge on any atom is -0.357 e. The lowest BCUT2D eigenvalue weighted by atomic mass is 10.3. The Kier molecular flexibility index (Phi) is 3.53. The summed E-state index contributed by atoms with van der Waals surface area (Å²) in [6.07, 6.45) is -2.87. The van der Waals surface area contributed by atoms with E-state index in [1.807, 2.05) is 5.32 Å². The second-order valence-electron chi connectivity index (χ2n) is 3.21. The first-order valence-corrected chi connectivity index (χ1v) is 4.32. The molecule has 0 saturated carbocycles. The highest BCUT2D eigenvalue weighted by atomic mass is 19.3. The molecule has 0 fully saturated rings. The van der Waals surface area contributed by atoms with Gasteiger partial charge in [0.25, 0.3) is 0 Å². The van der Waals surface area contributed by atoms with E-state index in [4.69, 9.17) is 0 Å². The fourth-order valence-electron chi connectivity index (χ4n) is 1.01. The Hall–Kier alpha value is -1.87. The van der Waals surface area contributed by atoms with Crippen molar-refractivity contribution < 1.29 is 22.5 Å². The van der Waals surface area contributed by atoms with Crippen molar-refractivity contribution in [3.8, 4) is 0 Å². The number of rotatable bonds is 5. The van der Waals surface area contributed by atoms with Crippen LogP contribution in [0.15, 0.2) is 6.20 Å². The quantitative estimate of drug-likeness (QED) is 0.493. The third kappa shape index (κ3) is 3.04. The summed E-state index contributed by atoms with van der Waals surface area (Å²) in [4.78, 5) is 9.62. The molecule has 1 aromatic heterocycles. The van der Waals surface area contributed by atoms with Crippen molar-refractivity contribution in [1.29, 1.82) is 0 Å². The van der Waals surface area contributed by atoms with Gasteiger partial charge < -0.3 is 5.32 Å². The molecule has 0 radical (unpaired) electrons. The zero-order valence-electron chi connectivity index (χ0n) is 8.53. The van der Waals surface area contributed by atoms with E-state index >= 15 is 0 Å². The average molecular weight is 256 g/mol. The number of alkyl halides is 4. The Morgan fingerprint density at radius 2 is 2.24 bits per heavy atom. The normalized spacial score (nSPS) is 11.9. The summed E-state index contributed by atoms with van der Waals surface area (Å²) in [6, 6.07) is 0. The first-order chi connectivity index (χ1) is 7.74. The van der Waals surface area contributed by atoms with Crippen molar-refractivity contribution in [3.05, 3.63) is 16.3 Å². The summed E-state index contributed by atoms with van der Waals surface area (Å²) in [5, 5.41) is 15.8. The van der Waals surface area contributed by atoms with Gasteiger partial charge in [0.05, 0.1) is 11.5 Å². The number of nitro groups is 1. The molecule has 1 heterocycles. The highest BCUT2D eigenvalue weighted by molar-refractivity contribution is 5.54. The average Bonchev–Trinajstić information content (AvgIpc) is 2.56. The zero-order chi connectivity index (χ0) is 13.2. The van der Waals surface area contributed by atoms with Crippen molar-refractivity contribution >= 4 is 11.5 Å². The van der Waals surface area contributed by atoms with E-state index in [2.05, 4.69) is 5.10 Å². The summed E-state index contributed by atoms with van der Waals surface area (Å²) in [5.41, 5.74) is -0.558. The van der Waals surface area contributed by atoms with Crippen LogP contribution in [-0.4, -0.2) is 33.6 Å². The van der Waals surface area contributed by atoms with Crippen molar-refractivity contribution in [1.82, 2.24) is 9.78 Å². The molecule has 0 aromatic carbocycles. The van der Waals surface area contributed by atoms with E-state index in [1.165, 1.54) is 7.05 Å². The molecule has 1 N–H and O–H groups in total. The summed E-state index contributed by atoms with van der Waals surface area (Å²) in [7, 11) is 1.34. The van der Waals surface area contributed by atoms with Gasteiger partial charge in [-0.05, 0) is 0 Å². The van der Waals surface area contributed by atoms with Gasteiger partial charge in [0.15, 0.2) is 0 Å². The maximum Gasteiger partial charge on any atom is 0.330 e. The summed E-state index contributed by atoms with van der Waals surface area (Å²) < 4.78 is 49.8. The van der Waals surface area contributed by atoms with Gasteiger partial charge in [0.2, 0.25) is 5.82 Å². The van der Waals surface area contributed by atoms with E-state index in [-0.39, 0.29) is 0 Å². The van der Waals surface area contributed by atoms with Crippen LogP contribution in [-0.2, 0) is 7.05 Å². The minimum absolute atomic E-state index is 0.474. The molecule has 0 aliphatic rings. The standard InChI is InChI=1S/C7H8F4N4O2/c1-14-2-4(15(16)17)5(13-14)12-3-7(10,11)6(8)9/h2,6H,3H2,1H3,(H,12,13). The number of aromatic nitrogens is 2. The molecule has 17 heavy (non-hydrogen) atoms. The van der Waals surface area contributed by atoms with Crippen molar-refractivity contribution in [3.63, 3.8) is 0 Å². The van der Waals surface area contributed by atoms with Crippen LogP contribution in [0.1, 0.15) is 0 Å². The molecule has 0 amide bonds. The van der Waals surface area contributed by atoms with Crippen LogP contribution >= 0.6 is 0 Å². The number of aryl methyl sites for hydroxylation is 1. The number of hydrogen-bond donors (Lipinski definition) is 1. The SMILES string of the molecule is Cn1cc([N+](=O)[O-])c(NCC(F)(F)C(F)F)n1. The van der Waals surface area contributed by atoms with Crippen LogP contribution in [0.5, 0.6) is 0 Å². The summed E-state index contributed by atoms with van der Waals surface area (Å²) in [6.45, 7) is -1.43. The molecule has 6 nitrogen and oxygen atoms in total. The molecule has 0 bridgehead atoms. The van der Waals surface area contributed by atoms with Crippen LogP contribution in [0.25, 0.3) is 0 Å². The van der Waals surface area contributed by atoms with E-state index in [0.717, 1.165) is 10.9 Å². The molecule has 10 heteroatoms. The van der Waals surface area contributed by atoms with Gasteiger partial charge in [-0.15, -0.1) is 5.10 Å². The van der Waals surface area contributed by atoms with E-state index < -0.39 is 35.3 Å². The molecule has 0 aliphatic carbocycles. The lowest BCUT2D eigenvalue weighted by Gasteiger charge is -2.14. The Morgan fingerprint density at radius 1 is 1.65 bits per heavy atom. The molecule has 0 spiro atoms. The minimum atomic E-state index is -4.27. The number of anilines is 1. The maximum atomic E-state index is 12.6. The van der Waals surface area contributed by atoms with Gasteiger partial charge in [-0.25, -0.2) is 8.78 Å². The fraction of sp³-hybridized carbons (Fsp3) is 0.571. The monoisotopic (exact) mass is 256 g/mol. The number of hydrogen-bond acceptors (Lipinski definition) is 4.